The van der Waals surface area contributed by atoms with E-state index in [2.05, 4.69) is 21.3 Å². The first-order valence-electron chi connectivity index (χ1n) is 1.82. The second kappa shape index (κ2) is 3.72. The molecule has 0 bridgehead atoms. The van der Waals surface area contributed by atoms with Crippen molar-refractivity contribution in [1.82, 2.24) is 15.0 Å². The fraction of sp³-hybridized carbons (Fsp3) is 0. The largest absolute Gasteiger partial charge is 0.420 e. The number of nitrogens with zero attached hydrogens (tertiary/aromatic N) is 3. The van der Waals surface area contributed by atoms with Gasteiger partial charge in [0, 0.05) is 26.8 Å². The van der Waals surface area contributed by atoms with E-state index >= 15 is 0 Å². The maximum Gasteiger partial charge on any atom is 0.109 e. The van der Waals surface area contributed by atoms with E-state index < -0.39 is 0 Å². The SMILES string of the molecule is Nc1n[c-]nc(Cl)n1.[Re]. The zero-order valence-corrected chi connectivity index (χ0v) is 7.65. The van der Waals surface area contributed by atoms with Crippen LogP contribution >= 0.6 is 11.6 Å². The van der Waals surface area contributed by atoms with Crippen molar-refractivity contribution in [2.45, 2.75) is 0 Å². The van der Waals surface area contributed by atoms with Crippen molar-refractivity contribution in [3.05, 3.63) is 11.6 Å². The second-order valence-electron chi connectivity index (χ2n) is 1.06. The van der Waals surface area contributed by atoms with Gasteiger partial charge in [0.25, 0.3) is 0 Å². The zero-order valence-electron chi connectivity index (χ0n) is 4.17. The summed E-state index contributed by atoms with van der Waals surface area (Å²) in [5.41, 5.74) is 5.08. The average Bonchev–Trinajstić information content (AvgIpc) is 1.64. The molecule has 0 aliphatic heterocycles. The Morgan fingerprint density at radius 2 is 2.11 bits per heavy atom. The Balaban J connectivity index is 0.000000640. The summed E-state index contributed by atoms with van der Waals surface area (Å²) in [6.07, 6.45) is 2.21. The molecular weight excluding hydrogens is 314 g/mol. The molecule has 0 saturated carbocycles. The summed E-state index contributed by atoms with van der Waals surface area (Å²) >= 11 is 5.27. The number of hydrogen-bond donors (Lipinski definition) is 1. The minimum absolute atomic E-state index is 0. The van der Waals surface area contributed by atoms with Crippen molar-refractivity contribution in [2.24, 2.45) is 0 Å². The van der Waals surface area contributed by atoms with Crippen LogP contribution in [-0.2, 0) is 20.4 Å². The molecular formula is C3H2ClN4Re-. The van der Waals surface area contributed by atoms with Gasteiger partial charge in [0.15, 0.2) is 0 Å². The number of nitrogen functional groups attached to an aromatic ring is 1. The Labute approximate surface area is 70.5 Å². The predicted molar refractivity (Wildman–Crippen MR) is 28.1 cm³/mol. The van der Waals surface area contributed by atoms with Crippen molar-refractivity contribution in [3.63, 3.8) is 0 Å². The van der Waals surface area contributed by atoms with Crippen LogP contribution in [-0.4, -0.2) is 15.0 Å². The first kappa shape index (κ1) is 8.76. The number of aromatic nitrogens is 3. The van der Waals surface area contributed by atoms with E-state index in [4.69, 9.17) is 17.3 Å². The Morgan fingerprint density at radius 3 is 2.44 bits per heavy atom. The van der Waals surface area contributed by atoms with Gasteiger partial charge < -0.3 is 20.7 Å². The van der Waals surface area contributed by atoms with Gasteiger partial charge in [-0.25, -0.2) is 0 Å². The third-order valence-electron chi connectivity index (χ3n) is 0.514. The average molecular weight is 316 g/mol. The van der Waals surface area contributed by atoms with E-state index in [1.165, 1.54) is 0 Å². The predicted octanol–water partition coefficient (Wildman–Crippen LogP) is -0.0951. The second-order valence-corrected chi connectivity index (χ2v) is 1.40. The molecule has 9 heavy (non-hydrogen) atoms. The molecule has 0 atom stereocenters. The molecule has 0 amide bonds. The van der Waals surface area contributed by atoms with E-state index in [0.29, 0.717) is 0 Å². The zero-order chi connectivity index (χ0) is 5.98. The van der Waals surface area contributed by atoms with Gasteiger partial charge in [-0.2, -0.15) is 0 Å². The molecule has 1 heterocycles. The van der Waals surface area contributed by atoms with Gasteiger partial charge in [0.1, 0.15) is 11.2 Å². The van der Waals surface area contributed by atoms with E-state index in [-0.39, 0.29) is 31.7 Å². The maximum absolute atomic E-state index is 5.27. The minimum Gasteiger partial charge on any atom is -0.420 e. The third-order valence-corrected chi connectivity index (χ3v) is 0.683. The van der Waals surface area contributed by atoms with Crippen LogP contribution in [0.2, 0.25) is 5.28 Å². The van der Waals surface area contributed by atoms with E-state index in [9.17, 15) is 0 Å². The topological polar surface area (TPSA) is 64.7 Å². The number of hydrogen-bond acceptors (Lipinski definition) is 4. The summed E-state index contributed by atoms with van der Waals surface area (Å²) in [6, 6.07) is 0. The molecule has 0 spiro atoms. The number of anilines is 1. The fourth-order valence-electron chi connectivity index (χ4n) is 0.262. The van der Waals surface area contributed by atoms with Gasteiger partial charge in [-0.05, 0) is 0 Å². The van der Waals surface area contributed by atoms with Crippen LogP contribution in [0, 0.1) is 6.33 Å². The molecule has 0 saturated heterocycles. The minimum atomic E-state index is 0. The molecule has 2 N–H and O–H groups in total. The molecule has 0 aliphatic rings. The van der Waals surface area contributed by atoms with Crippen molar-refractivity contribution in [1.29, 1.82) is 0 Å². The molecule has 0 aliphatic carbocycles. The van der Waals surface area contributed by atoms with Gasteiger partial charge in [-0.3, -0.25) is 0 Å². The van der Waals surface area contributed by atoms with Crippen LogP contribution in [0.4, 0.5) is 5.95 Å². The van der Waals surface area contributed by atoms with Gasteiger partial charge in [-0.15, -0.1) is 11.6 Å². The van der Waals surface area contributed by atoms with Crippen molar-refractivity contribution >= 4 is 17.5 Å². The molecule has 49 valence electrons. The molecule has 4 nitrogen and oxygen atoms in total. The Kier molecular flexibility index (Phi) is 3.63. The van der Waals surface area contributed by atoms with Gasteiger partial charge in [-0.1, -0.05) is 0 Å². The van der Waals surface area contributed by atoms with Gasteiger partial charge >= 0.3 is 0 Å². The Bertz CT molecular complexity index is 176. The van der Waals surface area contributed by atoms with Crippen LogP contribution in [0.1, 0.15) is 0 Å². The van der Waals surface area contributed by atoms with Crippen LogP contribution in [0.15, 0.2) is 0 Å². The quantitative estimate of drug-likeness (QED) is 0.679. The molecule has 0 aromatic carbocycles. The van der Waals surface area contributed by atoms with Crippen LogP contribution < -0.4 is 5.73 Å². The molecule has 1 aromatic rings. The standard InChI is InChI=1S/C3H2ClN4.Re/c4-2-6-1-7-3(5)8-2;/h(H2,5,6,7,8);/q-1;. The van der Waals surface area contributed by atoms with E-state index in [0.717, 1.165) is 0 Å². The monoisotopic (exact) mass is 316 g/mol. The normalized spacial score (nSPS) is 8.11. The number of halogens is 1. The summed E-state index contributed by atoms with van der Waals surface area (Å²) in [4.78, 5) is 10.2. The van der Waals surface area contributed by atoms with E-state index in [1.54, 1.807) is 0 Å². The molecule has 1 aromatic heterocycles. The molecule has 0 fully saturated rings. The Hall–Kier alpha value is -0.238. The number of rotatable bonds is 0. The fourth-order valence-corrected chi connectivity index (χ4v) is 0.386. The summed E-state index contributed by atoms with van der Waals surface area (Å²) in [7, 11) is 0. The first-order chi connectivity index (χ1) is 3.79. The van der Waals surface area contributed by atoms with Crippen molar-refractivity contribution < 1.29 is 20.4 Å². The van der Waals surface area contributed by atoms with Crippen LogP contribution in [0.3, 0.4) is 0 Å². The molecule has 6 heteroatoms. The van der Waals surface area contributed by atoms with Crippen molar-refractivity contribution in [2.75, 3.05) is 5.73 Å². The smallest absolute Gasteiger partial charge is 0.109 e. The Morgan fingerprint density at radius 1 is 1.44 bits per heavy atom. The maximum atomic E-state index is 5.27. The summed E-state index contributed by atoms with van der Waals surface area (Å²) < 4.78 is 0. The number of nitrogens with two attached hydrogens (primary N) is 1. The van der Waals surface area contributed by atoms with Crippen LogP contribution in [0.25, 0.3) is 0 Å². The van der Waals surface area contributed by atoms with Crippen LogP contribution in [0.5, 0.6) is 0 Å². The molecule has 0 unspecified atom stereocenters. The first-order valence-corrected chi connectivity index (χ1v) is 2.20. The summed E-state index contributed by atoms with van der Waals surface area (Å²) in [6.45, 7) is 0. The molecule has 1 radical (unpaired) electrons. The van der Waals surface area contributed by atoms with Gasteiger partial charge in [0.05, 0.1) is 0 Å². The summed E-state index contributed by atoms with van der Waals surface area (Å²) in [5, 5.41) is 0.0671. The van der Waals surface area contributed by atoms with E-state index in [1.807, 2.05) is 0 Å². The van der Waals surface area contributed by atoms with Crippen molar-refractivity contribution in [3.8, 4) is 0 Å². The third kappa shape index (κ3) is 2.70. The molecule has 1 rings (SSSR count). The summed E-state index contributed by atoms with van der Waals surface area (Å²) in [5.74, 6) is 0.0880. The van der Waals surface area contributed by atoms with Gasteiger partial charge in [0.2, 0.25) is 0 Å².